The van der Waals surface area contributed by atoms with Gasteiger partial charge in [-0.1, -0.05) is 86.6 Å². The fourth-order valence-electron chi connectivity index (χ4n) is 6.26. The molecule has 4 aromatic carbocycles. The summed E-state index contributed by atoms with van der Waals surface area (Å²) in [5.41, 5.74) is 7.48. The molecule has 3 unspecified atom stereocenters. The monoisotopic (exact) mass is 686 g/mol. The van der Waals surface area contributed by atoms with Gasteiger partial charge in [0, 0.05) is 17.7 Å². The normalized spacial score (nSPS) is 14.1. The van der Waals surface area contributed by atoms with Gasteiger partial charge in [-0.2, -0.15) is 0 Å². The van der Waals surface area contributed by atoms with Gasteiger partial charge in [0.05, 0.1) is 0 Å². The molecule has 48 heavy (non-hydrogen) atoms. The lowest BCUT2D eigenvalue weighted by Gasteiger charge is -2.25. The van der Waals surface area contributed by atoms with Crippen molar-refractivity contribution < 1.29 is 9.47 Å². The molecule has 0 aliphatic rings. The van der Waals surface area contributed by atoms with Crippen molar-refractivity contribution in [1.29, 1.82) is 0 Å². The van der Waals surface area contributed by atoms with E-state index in [0.29, 0.717) is 23.6 Å². The van der Waals surface area contributed by atoms with Gasteiger partial charge in [-0.3, -0.25) is 0 Å². The summed E-state index contributed by atoms with van der Waals surface area (Å²) in [6.45, 7) is 16.9. The molecule has 3 atom stereocenters. The van der Waals surface area contributed by atoms with Crippen LogP contribution in [0, 0.1) is 0 Å². The molecule has 0 N–H and O–H groups in total. The summed E-state index contributed by atoms with van der Waals surface area (Å²) in [7, 11) is 0. The van der Waals surface area contributed by atoms with Crippen LogP contribution in [0.4, 0.5) is 0 Å². The number of alkyl halides is 2. The minimum absolute atomic E-state index is 0.221. The van der Waals surface area contributed by atoms with Crippen molar-refractivity contribution in [3.05, 3.63) is 130 Å². The van der Waals surface area contributed by atoms with Crippen LogP contribution in [0.3, 0.4) is 0 Å². The van der Waals surface area contributed by atoms with E-state index in [0.717, 1.165) is 37.2 Å². The maximum absolute atomic E-state index is 6.69. The van der Waals surface area contributed by atoms with Gasteiger partial charge in [0.25, 0.3) is 0 Å². The Balaban J connectivity index is 1.51. The molecule has 0 amide bonds. The predicted octanol–water partition coefficient (Wildman–Crippen LogP) is 12.9. The third-order valence-corrected chi connectivity index (χ3v) is 9.60. The zero-order valence-electron chi connectivity index (χ0n) is 30.4. The van der Waals surface area contributed by atoms with Crippen molar-refractivity contribution in [3.8, 4) is 11.5 Å². The summed E-state index contributed by atoms with van der Waals surface area (Å²) in [5, 5.41) is 0. The fourth-order valence-corrected chi connectivity index (χ4v) is 6.85. The van der Waals surface area contributed by atoms with Gasteiger partial charge >= 0.3 is 0 Å². The van der Waals surface area contributed by atoms with Gasteiger partial charge < -0.3 is 9.47 Å². The summed E-state index contributed by atoms with van der Waals surface area (Å²) in [6, 6.07) is 35.4. The first kappa shape index (κ1) is 37.9. The van der Waals surface area contributed by atoms with Crippen LogP contribution in [-0.4, -0.2) is 23.0 Å². The highest BCUT2D eigenvalue weighted by Crippen LogP contribution is 2.36. The standard InChI is InChI=1S/C44H56Cl2O2/c1-31(2)34-14-9-32(10-15-34)11-18-38(28-40(30-46)37-21-25-42(26-22-37)48-44(6,7)8)35-16-12-33(13-17-35)27-39(29-45)36-19-23-41(24-20-36)47-43(3,4)5/h9-10,12-17,19-26,31,38-40H,11,18,27-30H2,1-8H3. The van der Waals surface area contributed by atoms with Crippen LogP contribution in [0.2, 0.25) is 0 Å². The molecule has 0 aromatic heterocycles. The second kappa shape index (κ2) is 17.1. The molecule has 0 fully saturated rings. The highest BCUT2D eigenvalue weighted by atomic mass is 35.5. The van der Waals surface area contributed by atoms with Crippen molar-refractivity contribution in [2.45, 2.75) is 116 Å². The number of benzene rings is 4. The van der Waals surface area contributed by atoms with Gasteiger partial charge in [0.1, 0.15) is 22.7 Å². The van der Waals surface area contributed by atoms with Crippen LogP contribution in [-0.2, 0) is 12.8 Å². The molecular formula is C44H56Cl2O2. The van der Waals surface area contributed by atoms with Gasteiger partial charge in [-0.25, -0.2) is 0 Å². The SMILES string of the molecule is CC(C)c1ccc(CCC(CC(CCl)c2ccc(OC(C)(C)C)cc2)c2ccc(CC(CCl)c3ccc(OC(C)(C)C)cc3)cc2)cc1. The number of hydrogen-bond acceptors (Lipinski definition) is 2. The fraction of sp³-hybridized carbons (Fsp3) is 0.455. The molecule has 0 heterocycles. The number of halogens is 2. The van der Waals surface area contributed by atoms with Crippen LogP contribution < -0.4 is 9.47 Å². The van der Waals surface area contributed by atoms with E-state index in [-0.39, 0.29) is 23.0 Å². The van der Waals surface area contributed by atoms with Crippen LogP contribution in [0.15, 0.2) is 97.1 Å². The van der Waals surface area contributed by atoms with E-state index in [1.54, 1.807) is 0 Å². The van der Waals surface area contributed by atoms with E-state index < -0.39 is 0 Å². The molecule has 0 spiro atoms. The highest BCUT2D eigenvalue weighted by Gasteiger charge is 2.21. The first-order valence-corrected chi connectivity index (χ1v) is 18.7. The Hall–Kier alpha value is -2.94. The number of aryl methyl sites for hydroxylation is 1. The summed E-state index contributed by atoms with van der Waals surface area (Å²) in [5.74, 6) is 4.31. The Labute approximate surface area is 301 Å². The molecule has 0 bridgehead atoms. The van der Waals surface area contributed by atoms with E-state index in [1.165, 1.54) is 33.4 Å². The largest absolute Gasteiger partial charge is 0.488 e. The second-order valence-corrected chi connectivity index (χ2v) is 16.2. The van der Waals surface area contributed by atoms with Crippen LogP contribution in [0.25, 0.3) is 0 Å². The molecule has 2 nitrogen and oxygen atoms in total. The minimum atomic E-state index is -0.229. The maximum atomic E-state index is 6.69. The Morgan fingerprint density at radius 1 is 0.500 bits per heavy atom. The van der Waals surface area contributed by atoms with Crippen LogP contribution >= 0.6 is 23.2 Å². The van der Waals surface area contributed by atoms with Gasteiger partial charge in [0.15, 0.2) is 0 Å². The topological polar surface area (TPSA) is 18.5 Å². The molecule has 4 aromatic rings. The average molecular weight is 688 g/mol. The Morgan fingerprint density at radius 2 is 0.896 bits per heavy atom. The molecule has 4 heteroatoms. The Morgan fingerprint density at radius 3 is 1.33 bits per heavy atom. The predicted molar refractivity (Wildman–Crippen MR) is 207 cm³/mol. The first-order chi connectivity index (χ1) is 22.7. The number of hydrogen-bond donors (Lipinski definition) is 0. The lowest BCUT2D eigenvalue weighted by atomic mass is 9.82. The van der Waals surface area contributed by atoms with E-state index >= 15 is 0 Å². The summed E-state index contributed by atoms with van der Waals surface area (Å²) >= 11 is 13.2. The highest BCUT2D eigenvalue weighted by molar-refractivity contribution is 6.18. The van der Waals surface area contributed by atoms with E-state index in [1.807, 2.05) is 0 Å². The average Bonchev–Trinajstić information content (AvgIpc) is 3.04. The third kappa shape index (κ3) is 11.9. The van der Waals surface area contributed by atoms with Crippen molar-refractivity contribution in [2.24, 2.45) is 0 Å². The lowest BCUT2D eigenvalue weighted by Crippen LogP contribution is -2.22. The van der Waals surface area contributed by atoms with Gasteiger partial charge in [-0.15, -0.1) is 23.2 Å². The first-order valence-electron chi connectivity index (χ1n) is 17.6. The molecule has 0 saturated carbocycles. The van der Waals surface area contributed by atoms with Crippen LogP contribution in [0.5, 0.6) is 11.5 Å². The smallest absolute Gasteiger partial charge is 0.120 e. The molecule has 0 aliphatic carbocycles. The molecule has 258 valence electrons. The van der Waals surface area contributed by atoms with Gasteiger partial charge in [0.2, 0.25) is 0 Å². The van der Waals surface area contributed by atoms with Crippen LogP contribution in [0.1, 0.15) is 125 Å². The van der Waals surface area contributed by atoms with E-state index in [4.69, 9.17) is 32.7 Å². The maximum Gasteiger partial charge on any atom is 0.120 e. The summed E-state index contributed by atoms with van der Waals surface area (Å²) in [6.07, 6.45) is 3.97. The Bertz CT molecular complexity index is 1510. The Kier molecular flexibility index (Phi) is 13.5. The van der Waals surface area contributed by atoms with Crippen molar-refractivity contribution in [1.82, 2.24) is 0 Å². The number of ether oxygens (including phenoxy) is 2. The number of rotatable bonds is 15. The minimum Gasteiger partial charge on any atom is -0.488 e. The zero-order valence-corrected chi connectivity index (χ0v) is 31.9. The zero-order chi connectivity index (χ0) is 34.9. The molecule has 0 radical (unpaired) electrons. The van der Waals surface area contributed by atoms with Crippen molar-refractivity contribution in [2.75, 3.05) is 11.8 Å². The summed E-state index contributed by atoms with van der Waals surface area (Å²) in [4.78, 5) is 0. The second-order valence-electron chi connectivity index (χ2n) is 15.6. The molecule has 0 aliphatic heterocycles. The van der Waals surface area contributed by atoms with Crippen molar-refractivity contribution in [3.63, 3.8) is 0 Å². The molecule has 0 saturated heterocycles. The van der Waals surface area contributed by atoms with Gasteiger partial charge in [-0.05, 0) is 143 Å². The third-order valence-electron chi connectivity index (χ3n) is 8.85. The molecule has 4 rings (SSSR count). The quantitative estimate of drug-likeness (QED) is 0.116. The summed E-state index contributed by atoms with van der Waals surface area (Å²) < 4.78 is 12.1. The lowest BCUT2D eigenvalue weighted by molar-refractivity contribution is 0.130. The van der Waals surface area contributed by atoms with Crippen molar-refractivity contribution >= 4 is 23.2 Å². The van der Waals surface area contributed by atoms with E-state index in [9.17, 15) is 0 Å². The molecular weight excluding hydrogens is 631 g/mol. The van der Waals surface area contributed by atoms with E-state index in [2.05, 4.69) is 152 Å².